The van der Waals surface area contributed by atoms with Gasteiger partial charge >= 0.3 is 5.97 Å². The minimum atomic E-state index is -0.521. The molecule has 0 N–H and O–H groups in total. The van der Waals surface area contributed by atoms with Gasteiger partial charge < -0.3 is 4.74 Å². The van der Waals surface area contributed by atoms with Crippen LogP contribution in [0.4, 0.5) is 0 Å². The van der Waals surface area contributed by atoms with E-state index in [1.807, 2.05) is 36.4 Å². The molecular formula is C26H30O3. The summed E-state index contributed by atoms with van der Waals surface area (Å²) in [6.07, 6.45) is 4.57. The topological polar surface area (TPSA) is 43.4 Å². The Bertz CT molecular complexity index is 852. The fourth-order valence-corrected chi connectivity index (χ4v) is 4.13. The maximum absolute atomic E-state index is 13.2. The molecule has 2 aromatic rings. The lowest BCUT2D eigenvalue weighted by atomic mass is 9.75. The van der Waals surface area contributed by atoms with Crippen LogP contribution in [0.2, 0.25) is 0 Å². The van der Waals surface area contributed by atoms with Crippen LogP contribution in [0, 0.1) is 17.8 Å². The van der Waals surface area contributed by atoms with Crippen LogP contribution in [0.3, 0.4) is 0 Å². The average molecular weight is 391 g/mol. The molecule has 1 saturated carbocycles. The third-order valence-corrected chi connectivity index (χ3v) is 5.83. The van der Waals surface area contributed by atoms with Gasteiger partial charge in [0, 0.05) is 5.56 Å². The van der Waals surface area contributed by atoms with Crippen molar-refractivity contribution < 1.29 is 14.3 Å². The van der Waals surface area contributed by atoms with Crippen LogP contribution in [0.25, 0.3) is 6.08 Å². The van der Waals surface area contributed by atoms with Crippen LogP contribution >= 0.6 is 0 Å². The fourth-order valence-electron chi connectivity index (χ4n) is 4.13. The summed E-state index contributed by atoms with van der Waals surface area (Å²) in [6.45, 7) is 6.56. The number of esters is 1. The van der Waals surface area contributed by atoms with Crippen LogP contribution in [0.5, 0.6) is 0 Å². The molecule has 0 aromatic heterocycles. The van der Waals surface area contributed by atoms with Gasteiger partial charge in [0.15, 0.2) is 5.78 Å². The van der Waals surface area contributed by atoms with Crippen LogP contribution in [0.1, 0.15) is 56.0 Å². The second kappa shape index (κ2) is 9.69. The molecule has 0 bridgehead atoms. The van der Waals surface area contributed by atoms with Crippen molar-refractivity contribution in [3.05, 3.63) is 77.4 Å². The largest absolute Gasteiger partial charge is 0.458 e. The molecule has 0 aliphatic heterocycles. The Morgan fingerprint density at radius 3 is 2.21 bits per heavy atom. The molecule has 3 rings (SSSR count). The van der Waals surface area contributed by atoms with E-state index in [0.29, 0.717) is 23.3 Å². The molecule has 0 amide bonds. The van der Waals surface area contributed by atoms with Crippen molar-refractivity contribution in [1.82, 2.24) is 0 Å². The summed E-state index contributed by atoms with van der Waals surface area (Å²) in [6, 6.07) is 18.4. The highest BCUT2D eigenvalue weighted by atomic mass is 16.5. The molecule has 3 atom stereocenters. The van der Waals surface area contributed by atoms with E-state index in [2.05, 4.69) is 20.8 Å². The van der Waals surface area contributed by atoms with Crippen LogP contribution in [-0.2, 0) is 9.53 Å². The minimum absolute atomic E-state index is 0.0862. The Hall–Kier alpha value is -2.68. The van der Waals surface area contributed by atoms with Gasteiger partial charge in [-0.3, -0.25) is 4.79 Å². The van der Waals surface area contributed by atoms with Crippen molar-refractivity contribution in [2.75, 3.05) is 0 Å². The predicted octanol–water partition coefficient (Wildman–Crippen LogP) is 5.96. The highest BCUT2D eigenvalue weighted by Crippen LogP contribution is 2.36. The van der Waals surface area contributed by atoms with E-state index in [1.54, 1.807) is 30.3 Å². The van der Waals surface area contributed by atoms with Crippen molar-refractivity contribution in [1.29, 1.82) is 0 Å². The van der Waals surface area contributed by atoms with Crippen molar-refractivity contribution >= 4 is 17.8 Å². The SMILES string of the molecule is CC1CCC(C(C)C)C(OC(=O)/C(=C\c2ccccc2)C(=O)c2ccccc2)C1. The third-order valence-electron chi connectivity index (χ3n) is 5.83. The van der Waals surface area contributed by atoms with E-state index in [9.17, 15) is 9.59 Å². The summed E-state index contributed by atoms with van der Waals surface area (Å²) in [5.41, 5.74) is 1.38. The monoisotopic (exact) mass is 390 g/mol. The minimum Gasteiger partial charge on any atom is -0.458 e. The zero-order chi connectivity index (χ0) is 20.8. The quantitative estimate of drug-likeness (QED) is 0.201. The summed E-state index contributed by atoms with van der Waals surface area (Å²) in [5, 5.41) is 0. The molecule has 29 heavy (non-hydrogen) atoms. The van der Waals surface area contributed by atoms with E-state index >= 15 is 0 Å². The van der Waals surface area contributed by atoms with E-state index in [4.69, 9.17) is 4.74 Å². The van der Waals surface area contributed by atoms with Gasteiger partial charge in [-0.1, -0.05) is 87.9 Å². The van der Waals surface area contributed by atoms with E-state index in [1.165, 1.54) is 0 Å². The zero-order valence-corrected chi connectivity index (χ0v) is 17.5. The third kappa shape index (κ3) is 5.44. The summed E-state index contributed by atoms with van der Waals surface area (Å²) < 4.78 is 5.98. The zero-order valence-electron chi connectivity index (χ0n) is 17.5. The van der Waals surface area contributed by atoms with Crippen LogP contribution in [0.15, 0.2) is 66.2 Å². The summed E-state index contributed by atoms with van der Waals surface area (Å²) in [4.78, 5) is 26.3. The molecule has 1 aliphatic rings. The van der Waals surface area contributed by atoms with Gasteiger partial charge in [-0.15, -0.1) is 0 Å². The van der Waals surface area contributed by atoms with Gasteiger partial charge in [-0.05, 0) is 42.2 Å². The Morgan fingerprint density at radius 1 is 0.966 bits per heavy atom. The van der Waals surface area contributed by atoms with E-state index in [-0.39, 0.29) is 17.5 Å². The average Bonchev–Trinajstić information content (AvgIpc) is 2.72. The number of hydrogen-bond donors (Lipinski definition) is 0. The molecule has 0 radical (unpaired) electrons. The Balaban J connectivity index is 1.90. The summed E-state index contributed by atoms with van der Waals surface area (Å²) in [7, 11) is 0. The first kappa shape index (κ1) is 21.0. The van der Waals surface area contributed by atoms with Crippen molar-refractivity contribution in [2.45, 2.75) is 46.1 Å². The van der Waals surface area contributed by atoms with E-state index < -0.39 is 5.97 Å². The number of hydrogen-bond acceptors (Lipinski definition) is 3. The number of rotatable bonds is 6. The van der Waals surface area contributed by atoms with Gasteiger partial charge in [0.1, 0.15) is 11.7 Å². The van der Waals surface area contributed by atoms with Crippen molar-refractivity contribution in [3.63, 3.8) is 0 Å². The number of carbonyl (C=O) groups excluding carboxylic acids is 2. The molecule has 1 fully saturated rings. The Kier molecular flexibility index (Phi) is 7.03. The van der Waals surface area contributed by atoms with Crippen LogP contribution < -0.4 is 0 Å². The van der Waals surface area contributed by atoms with Gasteiger partial charge in [0.2, 0.25) is 0 Å². The number of ketones is 1. The molecule has 2 aromatic carbocycles. The lowest BCUT2D eigenvalue weighted by Gasteiger charge is -2.36. The van der Waals surface area contributed by atoms with Crippen molar-refractivity contribution in [3.8, 4) is 0 Å². The lowest BCUT2D eigenvalue weighted by Crippen LogP contribution is -2.36. The molecule has 3 nitrogen and oxygen atoms in total. The number of carbonyl (C=O) groups is 2. The molecule has 1 aliphatic carbocycles. The van der Waals surface area contributed by atoms with E-state index in [0.717, 1.165) is 24.8 Å². The molecular weight excluding hydrogens is 360 g/mol. The first-order chi connectivity index (χ1) is 14.0. The number of ether oxygens (including phenoxy) is 1. The van der Waals surface area contributed by atoms with Gasteiger partial charge in [-0.25, -0.2) is 4.79 Å². The molecule has 3 unspecified atom stereocenters. The van der Waals surface area contributed by atoms with Gasteiger partial charge in [0.05, 0.1) is 0 Å². The smallest absolute Gasteiger partial charge is 0.342 e. The highest BCUT2D eigenvalue weighted by Gasteiger charge is 2.35. The Morgan fingerprint density at radius 2 is 1.59 bits per heavy atom. The molecule has 0 spiro atoms. The van der Waals surface area contributed by atoms with Gasteiger partial charge in [-0.2, -0.15) is 0 Å². The standard InChI is InChI=1S/C26H30O3/c1-18(2)22-15-14-19(3)16-24(22)29-26(28)23(17-20-10-6-4-7-11-20)25(27)21-12-8-5-9-13-21/h4-13,17-19,22,24H,14-16H2,1-3H3/b23-17-. The predicted molar refractivity (Wildman–Crippen MR) is 116 cm³/mol. The normalized spacial score (nSPS) is 22.3. The van der Waals surface area contributed by atoms with Crippen molar-refractivity contribution in [2.24, 2.45) is 17.8 Å². The van der Waals surface area contributed by atoms with Crippen LogP contribution in [-0.4, -0.2) is 17.9 Å². The molecule has 3 heteroatoms. The second-order valence-corrected chi connectivity index (χ2v) is 8.43. The number of Topliss-reactive ketones (excluding diaryl/α,β-unsaturated/α-hetero) is 1. The lowest BCUT2D eigenvalue weighted by molar-refractivity contribution is -0.150. The highest BCUT2D eigenvalue weighted by molar-refractivity contribution is 6.26. The fraction of sp³-hybridized carbons (Fsp3) is 0.385. The molecule has 0 saturated heterocycles. The number of benzene rings is 2. The maximum Gasteiger partial charge on any atom is 0.342 e. The molecule has 152 valence electrons. The molecule has 0 heterocycles. The summed E-state index contributed by atoms with van der Waals surface area (Å²) >= 11 is 0. The Labute approximate surface area is 173 Å². The summed E-state index contributed by atoms with van der Waals surface area (Å²) in [5.74, 6) is 0.470. The first-order valence-corrected chi connectivity index (χ1v) is 10.5. The second-order valence-electron chi connectivity index (χ2n) is 8.43. The maximum atomic E-state index is 13.2. The first-order valence-electron chi connectivity index (χ1n) is 10.5. The van der Waals surface area contributed by atoms with Gasteiger partial charge in [0.25, 0.3) is 0 Å².